The number of pyridine rings is 1. The van der Waals surface area contributed by atoms with Crippen LogP contribution in [-0.4, -0.2) is 10.9 Å². The molecule has 0 bridgehead atoms. The summed E-state index contributed by atoms with van der Waals surface area (Å²) in [7, 11) is 0. The summed E-state index contributed by atoms with van der Waals surface area (Å²) < 4.78 is 12.0. The minimum absolute atomic E-state index is 0.192. The van der Waals surface area contributed by atoms with Gasteiger partial charge >= 0.3 is 0 Å². The van der Waals surface area contributed by atoms with Crippen LogP contribution in [-0.2, 0) is 6.61 Å². The molecule has 0 atom stereocenters. The number of benzene rings is 1. The SMILES string of the molecule is O=C(Nc1ccc(Cl)nc1)c1ccc(COc2cccc(Br)c2)o1. The molecule has 3 aromatic rings. The molecular formula is C17H12BrClN2O3. The lowest BCUT2D eigenvalue weighted by Gasteiger charge is -2.04. The molecule has 122 valence electrons. The summed E-state index contributed by atoms with van der Waals surface area (Å²) in [5.41, 5.74) is 0.535. The Morgan fingerprint density at radius 1 is 1.25 bits per heavy atom. The van der Waals surface area contributed by atoms with E-state index in [0.717, 1.165) is 4.47 Å². The standard InChI is InChI=1S/C17H12BrClN2O3/c18-11-2-1-3-13(8-11)23-10-14-5-6-15(24-14)17(22)21-12-4-7-16(19)20-9-12/h1-9H,10H2,(H,21,22). The van der Waals surface area contributed by atoms with Gasteiger partial charge in [0.15, 0.2) is 5.76 Å². The zero-order valence-electron chi connectivity index (χ0n) is 12.3. The largest absolute Gasteiger partial charge is 0.486 e. The molecule has 0 unspecified atom stereocenters. The predicted molar refractivity (Wildman–Crippen MR) is 94.4 cm³/mol. The molecular weight excluding hydrogens is 396 g/mol. The van der Waals surface area contributed by atoms with E-state index in [1.54, 1.807) is 24.3 Å². The second-order valence-electron chi connectivity index (χ2n) is 4.84. The first-order chi connectivity index (χ1) is 11.6. The summed E-state index contributed by atoms with van der Waals surface area (Å²) in [6, 6.07) is 14.0. The molecule has 0 saturated heterocycles. The van der Waals surface area contributed by atoms with Crippen molar-refractivity contribution in [3.05, 3.63) is 75.9 Å². The number of halogens is 2. The Morgan fingerprint density at radius 2 is 2.12 bits per heavy atom. The fourth-order valence-corrected chi connectivity index (χ4v) is 2.42. The third-order valence-electron chi connectivity index (χ3n) is 3.05. The zero-order valence-corrected chi connectivity index (χ0v) is 14.7. The highest BCUT2D eigenvalue weighted by Crippen LogP contribution is 2.20. The van der Waals surface area contributed by atoms with Crippen molar-refractivity contribution in [3.63, 3.8) is 0 Å². The van der Waals surface area contributed by atoms with Gasteiger partial charge in [0.05, 0.1) is 11.9 Å². The van der Waals surface area contributed by atoms with E-state index >= 15 is 0 Å². The minimum atomic E-state index is -0.368. The summed E-state index contributed by atoms with van der Waals surface area (Å²) in [5.74, 6) is 1.08. The van der Waals surface area contributed by atoms with Crippen LogP contribution in [0.3, 0.4) is 0 Å². The number of carbonyl (C=O) groups excluding carboxylic acids is 1. The van der Waals surface area contributed by atoms with Crippen molar-refractivity contribution in [2.75, 3.05) is 5.32 Å². The molecule has 5 nitrogen and oxygen atoms in total. The van der Waals surface area contributed by atoms with Crippen molar-refractivity contribution in [1.29, 1.82) is 0 Å². The van der Waals surface area contributed by atoms with Crippen molar-refractivity contribution in [3.8, 4) is 5.75 Å². The van der Waals surface area contributed by atoms with Crippen LogP contribution in [0.4, 0.5) is 5.69 Å². The number of nitrogens with one attached hydrogen (secondary N) is 1. The van der Waals surface area contributed by atoms with Crippen LogP contribution in [0.1, 0.15) is 16.3 Å². The highest BCUT2D eigenvalue weighted by molar-refractivity contribution is 9.10. The quantitative estimate of drug-likeness (QED) is 0.610. The van der Waals surface area contributed by atoms with Gasteiger partial charge in [-0.1, -0.05) is 33.6 Å². The Balaban J connectivity index is 1.60. The maximum absolute atomic E-state index is 12.1. The van der Waals surface area contributed by atoms with Gasteiger partial charge in [-0.05, 0) is 42.5 Å². The maximum Gasteiger partial charge on any atom is 0.291 e. The molecule has 0 aliphatic rings. The van der Waals surface area contributed by atoms with Crippen LogP contribution in [0.25, 0.3) is 0 Å². The van der Waals surface area contributed by atoms with Crippen LogP contribution in [0, 0.1) is 0 Å². The van der Waals surface area contributed by atoms with E-state index in [0.29, 0.717) is 22.4 Å². The van der Waals surface area contributed by atoms with E-state index in [2.05, 4.69) is 26.2 Å². The molecule has 2 aromatic heterocycles. The molecule has 24 heavy (non-hydrogen) atoms. The number of hydrogen-bond acceptors (Lipinski definition) is 4. The molecule has 1 N–H and O–H groups in total. The minimum Gasteiger partial charge on any atom is -0.486 e. The number of furan rings is 1. The van der Waals surface area contributed by atoms with Gasteiger partial charge in [-0.15, -0.1) is 0 Å². The van der Waals surface area contributed by atoms with Gasteiger partial charge in [0.2, 0.25) is 0 Å². The number of anilines is 1. The summed E-state index contributed by atoms with van der Waals surface area (Å²) in [6.45, 7) is 0.228. The van der Waals surface area contributed by atoms with Crippen LogP contribution in [0.15, 0.2) is 63.6 Å². The van der Waals surface area contributed by atoms with Crippen LogP contribution < -0.4 is 10.1 Å². The molecule has 1 amide bonds. The predicted octanol–water partition coefficient (Wildman–Crippen LogP) is 4.92. The molecule has 0 saturated carbocycles. The lowest BCUT2D eigenvalue weighted by atomic mass is 10.3. The Labute approximate surface area is 151 Å². The molecule has 2 heterocycles. The average molecular weight is 408 g/mol. The molecule has 0 aliphatic carbocycles. The Bertz CT molecular complexity index is 849. The number of aromatic nitrogens is 1. The second kappa shape index (κ2) is 7.51. The number of ether oxygens (including phenoxy) is 1. The first-order valence-corrected chi connectivity index (χ1v) is 8.17. The number of carbonyl (C=O) groups is 1. The normalized spacial score (nSPS) is 10.4. The topological polar surface area (TPSA) is 64.4 Å². The van der Waals surface area contributed by atoms with E-state index in [4.69, 9.17) is 20.8 Å². The van der Waals surface area contributed by atoms with Gasteiger partial charge in [-0.2, -0.15) is 0 Å². The summed E-state index contributed by atoms with van der Waals surface area (Å²) >= 11 is 9.08. The smallest absolute Gasteiger partial charge is 0.291 e. The highest BCUT2D eigenvalue weighted by atomic mass is 79.9. The van der Waals surface area contributed by atoms with Crippen molar-refractivity contribution in [2.24, 2.45) is 0 Å². The number of nitrogens with zero attached hydrogens (tertiary/aromatic N) is 1. The highest BCUT2D eigenvalue weighted by Gasteiger charge is 2.12. The monoisotopic (exact) mass is 406 g/mol. The first-order valence-electron chi connectivity index (χ1n) is 7.00. The van der Waals surface area contributed by atoms with Crippen LogP contribution in [0.5, 0.6) is 5.75 Å². The molecule has 0 radical (unpaired) electrons. The maximum atomic E-state index is 12.1. The molecule has 0 aliphatic heterocycles. The molecule has 0 fully saturated rings. The van der Waals surface area contributed by atoms with Gasteiger partial charge in [0.25, 0.3) is 5.91 Å². The fourth-order valence-electron chi connectivity index (χ4n) is 1.93. The number of amides is 1. The van der Waals surface area contributed by atoms with Gasteiger partial charge in [-0.3, -0.25) is 4.79 Å². The van der Waals surface area contributed by atoms with Gasteiger partial charge < -0.3 is 14.5 Å². The van der Waals surface area contributed by atoms with Crippen LogP contribution >= 0.6 is 27.5 Å². The van der Waals surface area contributed by atoms with Crippen molar-refractivity contribution >= 4 is 39.1 Å². The Hall–Kier alpha value is -2.31. The molecule has 7 heteroatoms. The van der Waals surface area contributed by atoms with E-state index in [1.807, 2.05) is 24.3 Å². The summed E-state index contributed by atoms with van der Waals surface area (Å²) in [4.78, 5) is 16.0. The zero-order chi connectivity index (χ0) is 16.9. The van der Waals surface area contributed by atoms with E-state index in [-0.39, 0.29) is 18.3 Å². The Morgan fingerprint density at radius 3 is 2.88 bits per heavy atom. The third kappa shape index (κ3) is 4.37. The van der Waals surface area contributed by atoms with Crippen molar-refractivity contribution in [1.82, 2.24) is 4.98 Å². The molecule has 0 spiro atoms. The lowest BCUT2D eigenvalue weighted by Crippen LogP contribution is -2.11. The van der Waals surface area contributed by atoms with Gasteiger partial charge in [0, 0.05) is 4.47 Å². The summed E-state index contributed by atoms with van der Waals surface area (Å²) in [6.07, 6.45) is 1.47. The van der Waals surface area contributed by atoms with Crippen molar-refractivity contribution < 1.29 is 13.9 Å². The second-order valence-corrected chi connectivity index (χ2v) is 6.14. The van der Waals surface area contributed by atoms with Gasteiger partial charge in [0.1, 0.15) is 23.3 Å². The van der Waals surface area contributed by atoms with E-state index < -0.39 is 0 Å². The Kier molecular flexibility index (Phi) is 5.17. The molecule has 3 rings (SSSR count). The lowest BCUT2D eigenvalue weighted by molar-refractivity contribution is 0.0992. The summed E-state index contributed by atoms with van der Waals surface area (Å²) in [5, 5.41) is 3.04. The number of rotatable bonds is 5. The van der Waals surface area contributed by atoms with E-state index in [9.17, 15) is 4.79 Å². The van der Waals surface area contributed by atoms with E-state index in [1.165, 1.54) is 6.20 Å². The molecule has 1 aromatic carbocycles. The average Bonchev–Trinajstić information content (AvgIpc) is 3.04. The van der Waals surface area contributed by atoms with Crippen LogP contribution in [0.2, 0.25) is 5.15 Å². The fraction of sp³-hybridized carbons (Fsp3) is 0.0588. The number of hydrogen-bond donors (Lipinski definition) is 1. The van der Waals surface area contributed by atoms with Gasteiger partial charge in [-0.25, -0.2) is 4.98 Å². The third-order valence-corrected chi connectivity index (χ3v) is 3.76. The van der Waals surface area contributed by atoms with Crippen molar-refractivity contribution in [2.45, 2.75) is 6.61 Å². The first kappa shape index (κ1) is 16.5.